The van der Waals surface area contributed by atoms with Crippen molar-refractivity contribution in [1.29, 1.82) is 0 Å². The van der Waals surface area contributed by atoms with Gasteiger partial charge in [0, 0.05) is 18.2 Å². The van der Waals surface area contributed by atoms with E-state index in [2.05, 4.69) is 20.2 Å². The van der Waals surface area contributed by atoms with Crippen molar-refractivity contribution < 1.29 is 9.47 Å². The summed E-state index contributed by atoms with van der Waals surface area (Å²) in [5.74, 6) is 1.34. The number of hydrogen-bond acceptors (Lipinski definition) is 6. The zero-order valence-corrected chi connectivity index (χ0v) is 15.3. The van der Waals surface area contributed by atoms with E-state index in [9.17, 15) is 0 Å². The van der Waals surface area contributed by atoms with Crippen LogP contribution in [0.25, 0.3) is 28.2 Å². The largest absolute Gasteiger partial charge is 0.488 e. The van der Waals surface area contributed by atoms with Gasteiger partial charge in [-0.3, -0.25) is 4.40 Å². The van der Waals surface area contributed by atoms with E-state index in [1.54, 1.807) is 6.20 Å². The molecule has 136 valence electrons. The summed E-state index contributed by atoms with van der Waals surface area (Å²) in [5.41, 5.74) is 3.63. The van der Waals surface area contributed by atoms with Crippen LogP contribution in [0.5, 0.6) is 5.75 Å². The molecule has 1 saturated heterocycles. The molecule has 3 aromatic heterocycles. The van der Waals surface area contributed by atoms with Crippen LogP contribution in [0.2, 0.25) is 5.02 Å². The van der Waals surface area contributed by atoms with Crippen molar-refractivity contribution in [2.24, 2.45) is 0 Å². The Bertz CT molecular complexity index is 1150. The van der Waals surface area contributed by atoms with Crippen LogP contribution < -0.4 is 4.74 Å². The Kier molecular flexibility index (Phi) is 3.91. The van der Waals surface area contributed by atoms with Crippen LogP contribution >= 0.6 is 11.6 Å². The molecule has 0 bridgehead atoms. The Morgan fingerprint density at radius 1 is 1.22 bits per heavy atom. The maximum atomic E-state index is 6.50. The van der Waals surface area contributed by atoms with E-state index >= 15 is 0 Å². The summed E-state index contributed by atoms with van der Waals surface area (Å²) >= 11 is 6.50. The molecule has 0 N–H and O–H groups in total. The highest BCUT2D eigenvalue weighted by atomic mass is 35.5. The third-order valence-corrected chi connectivity index (χ3v) is 4.95. The Labute approximate surface area is 159 Å². The number of pyridine rings is 1. The summed E-state index contributed by atoms with van der Waals surface area (Å²) in [6.07, 6.45) is 2.66. The number of halogens is 1. The molecule has 1 aliphatic heterocycles. The first kappa shape index (κ1) is 16.4. The molecule has 8 heteroatoms. The Hall–Kier alpha value is -2.77. The van der Waals surface area contributed by atoms with Crippen LogP contribution in [0.15, 0.2) is 36.5 Å². The molecule has 0 saturated carbocycles. The topological polar surface area (TPSA) is 74.4 Å². The van der Waals surface area contributed by atoms with Crippen molar-refractivity contribution in [2.75, 3.05) is 13.2 Å². The van der Waals surface area contributed by atoms with E-state index in [-0.39, 0.29) is 6.10 Å². The number of aromatic nitrogens is 5. The second-order valence-electron chi connectivity index (χ2n) is 6.47. The fourth-order valence-electron chi connectivity index (χ4n) is 3.32. The Balaban J connectivity index is 1.69. The average Bonchev–Trinajstić information content (AvgIpc) is 3.34. The summed E-state index contributed by atoms with van der Waals surface area (Å²) in [6.45, 7) is 3.23. The number of ether oxygens (including phenoxy) is 2. The molecule has 1 atom stereocenters. The molecular formula is C19H16ClN5O2. The van der Waals surface area contributed by atoms with Gasteiger partial charge in [0.05, 0.1) is 23.9 Å². The van der Waals surface area contributed by atoms with Crippen LogP contribution in [-0.2, 0) is 4.74 Å². The normalized spacial score (nSPS) is 17.0. The van der Waals surface area contributed by atoms with Gasteiger partial charge in [-0.15, -0.1) is 10.2 Å². The van der Waals surface area contributed by atoms with Gasteiger partial charge in [-0.25, -0.2) is 9.97 Å². The van der Waals surface area contributed by atoms with Gasteiger partial charge < -0.3 is 9.47 Å². The SMILES string of the molecule is Cc1nc2cccnc2n2c(-c3cc(O[C@H]4CCOC4)ccc3Cl)nnc12. The number of benzene rings is 1. The zero-order chi connectivity index (χ0) is 18.4. The number of fused-ring (bicyclic) bond motifs is 3. The van der Waals surface area contributed by atoms with Crippen molar-refractivity contribution >= 4 is 28.4 Å². The average molecular weight is 382 g/mol. The highest BCUT2D eigenvalue weighted by molar-refractivity contribution is 6.33. The van der Waals surface area contributed by atoms with Crippen molar-refractivity contribution in [3.63, 3.8) is 0 Å². The molecule has 27 heavy (non-hydrogen) atoms. The molecule has 1 aromatic carbocycles. The molecular weight excluding hydrogens is 366 g/mol. The molecule has 0 radical (unpaired) electrons. The smallest absolute Gasteiger partial charge is 0.184 e. The van der Waals surface area contributed by atoms with Gasteiger partial charge in [0.25, 0.3) is 0 Å². The third kappa shape index (κ3) is 2.79. The number of rotatable bonds is 3. The zero-order valence-electron chi connectivity index (χ0n) is 14.6. The lowest BCUT2D eigenvalue weighted by Gasteiger charge is -2.13. The minimum atomic E-state index is 0.0584. The minimum absolute atomic E-state index is 0.0584. The van der Waals surface area contributed by atoms with E-state index in [0.29, 0.717) is 28.7 Å². The Morgan fingerprint density at radius 2 is 2.15 bits per heavy atom. The first-order valence-electron chi connectivity index (χ1n) is 8.71. The molecule has 5 rings (SSSR count). The second-order valence-corrected chi connectivity index (χ2v) is 6.88. The lowest BCUT2D eigenvalue weighted by molar-refractivity contribution is 0.141. The lowest BCUT2D eigenvalue weighted by Crippen LogP contribution is -2.15. The third-order valence-electron chi connectivity index (χ3n) is 4.62. The van der Waals surface area contributed by atoms with Crippen molar-refractivity contribution in [2.45, 2.75) is 19.4 Å². The molecule has 1 aliphatic rings. The van der Waals surface area contributed by atoms with Gasteiger partial charge in [-0.2, -0.15) is 0 Å². The predicted octanol–water partition coefficient (Wildman–Crippen LogP) is 3.47. The molecule has 4 heterocycles. The molecule has 1 fully saturated rings. The summed E-state index contributed by atoms with van der Waals surface area (Å²) < 4.78 is 13.3. The van der Waals surface area contributed by atoms with Crippen LogP contribution in [-0.4, -0.2) is 43.9 Å². The highest BCUT2D eigenvalue weighted by Crippen LogP contribution is 2.33. The number of nitrogens with zero attached hydrogens (tertiary/aromatic N) is 5. The fraction of sp³-hybridized carbons (Fsp3) is 0.263. The first-order valence-corrected chi connectivity index (χ1v) is 9.09. The summed E-state index contributed by atoms with van der Waals surface area (Å²) in [6, 6.07) is 9.33. The van der Waals surface area contributed by atoms with Gasteiger partial charge in [0.15, 0.2) is 17.1 Å². The van der Waals surface area contributed by atoms with Gasteiger partial charge in [0.2, 0.25) is 0 Å². The molecule has 7 nitrogen and oxygen atoms in total. The van der Waals surface area contributed by atoms with Gasteiger partial charge in [0.1, 0.15) is 17.4 Å². The minimum Gasteiger partial charge on any atom is -0.488 e. The van der Waals surface area contributed by atoms with Crippen molar-refractivity contribution in [3.8, 4) is 17.1 Å². The molecule has 4 aromatic rings. The van der Waals surface area contributed by atoms with Crippen molar-refractivity contribution in [1.82, 2.24) is 24.6 Å². The maximum absolute atomic E-state index is 6.50. The fourth-order valence-corrected chi connectivity index (χ4v) is 3.52. The maximum Gasteiger partial charge on any atom is 0.184 e. The van der Waals surface area contributed by atoms with Gasteiger partial charge in [-0.1, -0.05) is 11.6 Å². The first-order chi connectivity index (χ1) is 13.2. The Morgan fingerprint density at radius 3 is 3.00 bits per heavy atom. The number of hydrogen-bond donors (Lipinski definition) is 0. The molecule has 0 aliphatic carbocycles. The standard InChI is InChI=1S/C19H16ClN5O2/c1-11-17-23-24-18(25(17)19-16(22-11)3-2-7-21-19)14-9-12(4-5-15(14)20)27-13-6-8-26-10-13/h2-5,7,9,13H,6,8,10H2,1H3/t13-/m0/s1. The summed E-state index contributed by atoms with van der Waals surface area (Å²) in [5, 5.41) is 9.26. The predicted molar refractivity (Wildman–Crippen MR) is 101 cm³/mol. The summed E-state index contributed by atoms with van der Waals surface area (Å²) in [7, 11) is 0. The highest BCUT2D eigenvalue weighted by Gasteiger charge is 2.20. The summed E-state index contributed by atoms with van der Waals surface area (Å²) in [4.78, 5) is 9.04. The number of aryl methyl sites for hydroxylation is 1. The van der Waals surface area contributed by atoms with Crippen LogP contribution in [0, 0.1) is 6.92 Å². The van der Waals surface area contributed by atoms with Crippen LogP contribution in [0.4, 0.5) is 0 Å². The van der Waals surface area contributed by atoms with E-state index in [0.717, 1.165) is 35.6 Å². The van der Waals surface area contributed by atoms with Gasteiger partial charge >= 0.3 is 0 Å². The van der Waals surface area contributed by atoms with Crippen LogP contribution in [0.3, 0.4) is 0 Å². The van der Waals surface area contributed by atoms with Crippen LogP contribution in [0.1, 0.15) is 12.1 Å². The van der Waals surface area contributed by atoms with Crippen molar-refractivity contribution in [3.05, 3.63) is 47.2 Å². The van der Waals surface area contributed by atoms with E-state index < -0.39 is 0 Å². The van der Waals surface area contributed by atoms with Gasteiger partial charge in [-0.05, 0) is 37.3 Å². The van der Waals surface area contributed by atoms with E-state index in [1.165, 1.54) is 0 Å². The molecule has 0 unspecified atom stereocenters. The molecule has 0 spiro atoms. The monoisotopic (exact) mass is 381 g/mol. The second kappa shape index (κ2) is 6.44. The molecule has 0 amide bonds. The quantitative estimate of drug-likeness (QED) is 0.541. The van der Waals surface area contributed by atoms with E-state index in [4.69, 9.17) is 21.1 Å². The van der Waals surface area contributed by atoms with E-state index in [1.807, 2.05) is 41.7 Å². The lowest BCUT2D eigenvalue weighted by atomic mass is 10.2.